The van der Waals surface area contributed by atoms with E-state index in [4.69, 9.17) is 4.98 Å². The lowest BCUT2D eigenvalue weighted by atomic mass is 10.00. The minimum Gasteiger partial charge on any atom is -0.368 e. The Bertz CT molecular complexity index is 854. The van der Waals surface area contributed by atoms with Crippen molar-refractivity contribution < 1.29 is 0 Å². The molecule has 1 aliphatic heterocycles. The van der Waals surface area contributed by atoms with Crippen LogP contribution in [-0.2, 0) is 0 Å². The molecule has 1 aromatic carbocycles. The highest BCUT2D eigenvalue weighted by Crippen LogP contribution is 2.26. The van der Waals surface area contributed by atoms with Crippen molar-refractivity contribution in [3.05, 3.63) is 48.3 Å². The Morgan fingerprint density at radius 2 is 2.00 bits per heavy atom. The molecule has 0 amide bonds. The van der Waals surface area contributed by atoms with Crippen LogP contribution in [0.4, 0.5) is 5.82 Å². The molecule has 0 bridgehead atoms. The first-order valence-corrected chi connectivity index (χ1v) is 8.93. The van der Waals surface area contributed by atoms with Crippen LogP contribution >= 0.6 is 0 Å². The third-order valence-electron chi connectivity index (χ3n) is 4.76. The topological polar surface area (TPSA) is 62.7 Å². The monoisotopic (exact) mass is 333 g/mol. The second-order valence-electron chi connectivity index (χ2n) is 6.74. The summed E-state index contributed by atoms with van der Waals surface area (Å²) in [6, 6.07) is 10.4. The second kappa shape index (κ2) is 7.15. The molecule has 128 valence electrons. The Kier molecular flexibility index (Phi) is 4.57. The van der Waals surface area contributed by atoms with E-state index >= 15 is 0 Å². The van der Waals surface area contributed by atoms with Crippen molar-refractivity contribution in [2.24, 2.45) is 5.92 Å². The zero-order valence-electron chi connectivity index (χ0n) is 14.5. The number of piperidine rings is 1. The van der Waals surface area contributed by atoms with Crippen LogP contribution in [-0.4, -0.2) is 34.6 Å². The van der Waals surface area contributed by atoms with Gasteiger partial charge < -0.3 is 10.6 Å². The van der Waals surface area contributed by atoms with Crippen molar-refractivity contribution in [3.8, 4) is 11.3 Å². The summed E-state index contributed by atoms with van der Waals surface area (Å²) in [4.78, 5) is 13.8. The van der Waals surface area contributed by atoms with Gasteiger partial charge in [0.25, 0.3) is 0 Å². The molecular formula is C20H23N5. The van der Waals surface area contributed by atoms with Crippen LogP contribution < -0.4 is 10.6 Å². The lowest BCUT2D eigenvalue weighted by Crippen LogP contribution is -2.33. The van der Waals surface area contributed by atoms with Crippen LogP contribution in [0.1, 0.15) is 18.4 Å². The Morgan fingerprint density at radius 3 is 2.80 bits per heavy atom. The molecule has 2 aromatic heterocycles. The summed E-state index contributed by atoms with van der Waals surface area (Å²) in [6.45, 7) is 5.19. The maximum absolute atomic E-state index is 4.85. The van der Waals surface area contributed by atoms with Crippen molar-refractivity contribution in [2.75, 3.05) is 25.0 Å². The predicted octanol–water partition coefficient (Wildman–Crippen LogP) is 3.41. The molecule has 3 aromatic rings. The molecule has 3 heterocycles. The van der Waals surface area contributed by atoms with Crippen LogP contribution in [0.5, 0.6) is 0 Å². The van der Waals surface area contributed by atoms with Gasteiger partial charge in [-0.25, -0.2) is 9.97 Å². The third kappa shape index (κ3) is 3.61. The van der Waals surface area contributed by atoms with E-state index in [1.807, 2.05) is 6.07 Å². The van der Waals surface area contributed by atoms with Crippen molar-refractivity contribution in [3.63, 3.8) is 0 Å². The van der Waals surface area contributed by atoms with E-state index in [0.29, 0.717) is 5.92 Å². The third-order valence-corrected chi connectivity index (χ3v) is 4.76. The number of nitrogens with zero attached hydrogens (tertiary/aromatic N) is 3. The molecule has 0 aliphatic carbocycles. The summed E-state index contributed by atoms with van der Waals surface area (Å²) in [5.74, 6) is 1.46. The van der Waals surface area contributed by atoms with Crippen molar-refractivity contribution in [1.82, 2.24) is 20.3 Å². The number of fused-ring (bicyclic) bond motifs is 1. The summed E-state index contributed by atoms with van der Waals surface area (Å²) in [6.07, 6.45) is 5.95. The van der Waals surface area contributed by atoms with E-state index in [0.717, 1.165) is 47.7 Å². The quantitative estimate of drug-likeness (QED) is 0.766. The SMILES string of the molecule is Cc1ccc(-c2cc3nccnc3c(NCC3CCCNC3)n2)cc1. The molecule has 4 rings (SSSR count). The van der Waals surface area contributed by atoms with Crippen molar-refractivity contribution in [1.29, 1.82) is 0 Å². The van der Waals surface area contributed by atoms with E-state index < -0.39 is 0 Å². The average Bonchev–Trinajstić information content (AvgIpc) is 2.67. The van der Waals surface area contributed by atoms with Gasteiger partial charge in [-0.2, -0.15) is 0 Å². The fourth-order valence-corrected chi connectivity index (χ4v) is 3.31. The zero-order chi connectivity index (χ0) is 17.1. The Hall–Kier alpha value is -2.53. The molecule has 5 heteroatoms. The number of benzene rings is 1. The van der Waals surface area contributed by atoms with Crippen LogP contribution in [0.25, 0.3) is 22.3 Å². The van der Waals surface area contributed by atoms with Gasteiger partial charge in [0.05, 0.1) is 11.2 Å². The largest absolute Gasteiger partial charge is 0.368 e. The highest BCUT2D eigenvalue weighted by molar-refractivity contribution is 5.88. The van der Waals surface area contributed by atoms with Crippen LogP contribution in [0.3, 0.4) is 0 Å². The van der Waals surface area contributed by atoms with E-state index in [9.17, 15) is 0 Å². The van der Waals surface area contributed by atoms with Crippen LogP contribution in [0.2, 0.25) is 0 Å². The maximum Gasteiger partial charge on any atom is 0.154 e. The number of nitrogens with one attached hydrogen (secondary N) is 2. The molecule has 1 saturated heterocycles. The fourth-order valence-electron chi connectivity index (χ4n) is 3.31. The van der Waals surface area contributed by atoms with Crippen LogP contribution in [0, 0.1) is 12.8 Å². The average molecular weight is 333 g/mol. The highest BCUT2D eigenvalue weighted by atomic mass is 15.0. The second-order valence-corrected chi connectivity index (χ2v) is 6.74. The summed E-state index contributed by atoms with van der Waals surface area (Å²) >= 11 is 0. The number of aromatic nitrogens is 3. The van der Waals surface area contributed by atoms with Gasteiger partial charge in [-0.1, -0.05) is 29.8 Å². The Morgan fingerprint density at radius 1 is 1.16 bits per heavy atom. The molecule has 1 atom stereocenters. The number of anilines is 1. The predicted molar refractivity (Wildman–Crippen MR) is 102 cm³/mol. The standard InChI is InChI=1S/C20H23N5/c1-14-4-6-16(7-5-14)17-11-18-19(23-10-9-22-18)20(25-17)24-13-15-3-2-8-21-12-15/h4-7,9-11,15,21H,2-3,8,12-13H2,1H3,(H,24,25). The minimum atomic E-state index is 0.630. The Balaban J connectivity index is 1.67. The molecule has 5 nitrogen and oxygen atoms in total. The molecule has 0 radical (unpaired) electrons. The molecule has 25 heavy (non-hydrogen) atoms. The van der Waals surface area contributed by atoms with Crippen molar-refractivity contribution >= 4 is 16.9 Å². The van der Waals surface area contributed by atoms with Gasteiger partial charge in [0.1, 0.15) is 5.52 Å². The van der Waals surface area contributed by atoms with Gasteiger partial charge in [0.2, 0.25) is 0 Å². The van der Waals surface area contributed by atoms with E-state index in [2.05, 4.69) is 51.8 Å². The zero-order valence-corrected chi connectivity index (χ0v) is 14.5. The number of aryl methyl sites for hydroxylation is 1. The first-order valence-electron chi connectivity index (χ1n) is 8.93. The molecule has 1 unspecified atom stereocenters. The van der Waals surface area contributed by atoms with E-state index in [-0.39, 0.29) is 0 Å². The number of pyridine rings is 1. The van der Waals surface area contributed by atoms with Gasteiger partial charge in [0, 0.05) is 24.5 Å². The smallest absolute Gasteiger partial charge is 0.154 e. The summed E-state index contributed by atoms with van der Waals surface area (Å²) < 4.78 is 0. The van der Waals surface area contributed by atoms with E-state index in [1.54, 1.807) is 12.4 Å². The number of hydrogen-bond donors (Lipinski definition) is 2. The molecular weight excluding hydrogens is 310 g/mol. The number of hydrogen-bond acceptors (Lipinski definition) is 5. The van der Waals surface area contributed by atoms with Gasteiger partial charge >= 0.3 is 0 Å². The molecule has 0 spiro atoms. The lowest BCUT2D eigenvalue weighted by Gasteiger charge is -2.23. The lowest BCUT2D eigenvalue weighted by molar-refractivity contribution is 0.392. The normalized spacial score (nSPS) is 17.6. The molecule has 1 fully saturated rings. The summed E-state index contributed by atoms with van der Waals surface area (Å²) in [5, 5.41) is 6.99. The van der Waals surface area contributed by atoms with Gasteiger partial charge in [-0.05, 0) is 44.8 Å². The molecule has 2 N–H and O–H groups in total. The molecule has 0 saturated carbocycles. The highest BCUT2D eigenvalue weighted by Gasteiger charge is 2.15. The van der Waals surface area contributed by atoms with Gasteiger partial charge in [0.15, 0.2) is 5.82 Å². The fraction of sp³-hybridized carbons (Fsp3) is 0.350. The number of rotatable bonds is 4. The summed E-state index contributed by atoms with van der Waals surface area (Å²) in [7, 11) is 0. The maximum atomic E-state index is 4.85. The van der Waals surface area contributed by atoms with Gasteiger partial charge in [-0.3, -0.25) is 4.98 Å². The molecule has 1 aliphatic rings. The van der Waals surface area contributed by atoms with Gasteiger partial charge in [-0.15, -0.1) is 0 Å². The summed E-state index contributed by atoms with van der Waals surface area (Å²) in [5.41, 5.74) is 4.98. The first-order chi connectivity index (χ1) is 12.3. The first kappa shape index (κ1) is 16.0. The van der Waals surface area contributed by atoms with E-state index in [1.165, 1.54) is 18.4 Å². The van der Waals surface area contributed by atoms with Crippen LogP contribution in [0.15, 0.2) is 42.7 Å². The minimum absolute atomic E-state index is 0.630. The van der Waals surface area contributed by atoms with Crippen molar-refractivity contribution in [2.45, 2.75) is 19.8 Å². The Labute approximate surface area is 147 Å².